The highest BCUT2D eigenvalue weighted by atomic mass is 14.5. The largest absolute Gasteiger partial charge is 0.0528 e. The summed E-state index contributed by atoms with van der Waals surface area (Å²) in [5.41, 5.74) is 0. The second kappa shape index (κ2) is 4.28. The van der Waals surface area contributed by atoms with Crippen LogP contribution in [0.1, 0.15) is 70.6 Å². The van der Waals surface area contributed by atoms with Gasteiger partial charge in [0, 0.05) is 0 Å². The fraction of sp³-hybridized carbons (Fsp3) is 1.00. The monoisotopic (exact) mass is 232 g/mol. The van der Waals surface area contributed by atoms with Gasteiger partial charge in [-0.3, -0.25) is 0 Å². The van der Waals surface area contributed by atoms with E-state index in [-0.39, 0.29) is 0 Å². The minimum absolute atomic E-state index is 1.13. The molecule has 0 aromatic carbocycles. The summed E-state index contributed by atoms with van der Waals surface area (Å²) in [6.45, 7) is 0. The normalized spacial score (nSPS) is 53.6. The summed E-state index contributed by atoms with van der Waals surface area (Å²) in [5, 5.41) is 0. The van der Waals surface area contributed by atoms with Crippen LogP contribution in [0, 0.1) is 35.5 Å². The third kappa shape index (κ3) is 1.96. The SMILES string of the molecule is C1CC2CCC(CC2)C(C2CCCC3CC32)C1. The quantitative estimate of drug-likeness (QED) is 0.595. The van der Waals surface area contributed by atoms with Crippen LogP contribution >= 0.6 is 0 Å². The first-order valence-electron chi connectivity index (χ1n) is 8.42. The van der Waals surface area contributed by atoms with Crippen molar-refractivity contribution >= 4 is 0 Å². The molecule has 96 valence electrons. The van der Waals surface area contributed by atoms with Gasteiger partial charge in [0.2, 0.25) is 0 Å². The fourth-order valence-electron chi connectivity index (χ4n) is 5.84. The van der Waals surface area contributed by atoms with Crippen molar-refractivity contribution in [1.82, 2.24) is 0 Å². The molecule has 0 aromatic rings. The maximum Gasteiger partial charge on any atom is -0.0352 e. The highest BCUT2D eigenvalue weighted by Gasteiger charge is 2.49. The van der Waals surface area contributed by atoms with Crippen LogP contribution in [0.5, 0.6) is 0 Å². The molecule has 4 atom stereocenters. The van der Waals surface area contributed by atoms with Gasteiger partial charge in [-0.2, -0.15) is 0 Å². The van der Waals surface area contributed by atoms with E-state index in [0.29, 0.717) is 0 Å². The van der Waals surface area contributed by atoms with Crippen LogP contribution in [-0.2, 0) is 0 Å². The van der Waals surface area contributed by atoms with E-state index >= 15 is 0 Å². The average molecular weight is 232 g/mol. The molecule has 0 radical (unpaired) electrons. The summed E-state index contributed by atoms with van der Waals surface area (Å²) in [4.78, 5) is 0. The van der Waals surface area contributed by atoms with E-state index in [1.807, 2.05) is 0 Å². The lowest BCUT2D eigenvalue weighted by molar-refractivity contribution is 0.0848. The molecule has 17 heavy (non-hydrogen) atoms. The van der Waals surface area contributed by atoms with E-state index in [4.69, 9.17) is 0 Å². The molecule has 5 fully saturated rings. The second-order valence-electron chi connectivity index (χ2n) is 7.63. The highest BCUT2D eigenvalue weighted by Crippen LogP contribution is 2.58. The van der Waals surface area contributed by atoms with E-state index in [0.717, 1.165) is 17.8 Å². The summed E-state index contributed by atoms with van der Waals surface area (Å²) in [6.07, 6.45) is 17.5. The molecular weight excluding hydrogens is 204 g/mol. The smallest absolute Gasteiger partial charge is 0.0352 e. The van der Waals surface area contributed by atoms with E-state index in [2.05, 4.69) is 0 Å². The van der Waals surface area contributed by atoms with Gasteiger partial charge < -0.3 is 0 Å². The summed E-state index contributed by atoms with van der Waals surface area (Å²) in [6, 6.07) is 0. The lowest BCUT2D eigenvalue weighted by Gasteiger charge is -2.42. The summed E-state index contributed by atoms with van der Waals surface area (Å²) in [7, 11) is 0. The molecule has 0 spiro atoms. The van der Waals surface area contributed by atoms with Gasteiger partial charge in [0.05, 0.1) is 0 Å². The third-order valence-electron chi connectivity index (χ3n) is 6.84. The van der Waals surface area contributed by atoms with Gasteiger partial charge in [-0.25, -0.2) is 0 Å². The number of fused-ring (bicyclic) bond motifs is 6. The van der Waals surface area contributed by atoms with Crippen molar-refractivity contribution in [2.45, 2.75) is 70.6 Å². The molecule has 5 rings (SSSR count). The molecule has 5 aliphatic carbocycles. The topological polar surface area (TPSA) is 0 Å². The van der Waals surface area contributed by atoms with Gasteiger partial charge >= 0.3 is 0 Å². The molecule has 0 heteroatoms. The van der Waals surface area contributed by atoms with Crippen molar-refractivity contribution in [2.24, 2.45) is 35.5 Å². The average Bonchev–Trinajstić information content (AvgIpc) is 3.09. The maximum atomic E-state index is 1.62. The first-order chi connectivity index (χ1) is 8.42. The van der Waals surface area contributed by atoms with E-state index in [9.17, 15) is 0 Å². The number of rotatable bonds is 1. The molecule has 0 nitrogen and oxygen atoms in total. The van der Waals surface area contributed by atoms with Crippen LogP contribution in [0.25, 0.3) is 0 Å². The molecule has 5 aliphatic rings. The minimum Gasteiger partial charge on any atom is -0.0528 e. The fourth-order valence-corrected chi connectivity index (χ4v) is 5.84. The van der Waals surface area contributed by atoms with E-state index in [1.165, 1.54) is 17.8 Å². The Morgan fingerprint density at radius 2 is 1.24 bits per heavy atom. The predicted molar refractivity (Wildman–Crippen MR) is 71.7 cm³/mol. The lowest BCUT2D eigenvalue weighted by atomic mass is 9.63. The predicted octanol–water partition coefficient (Wildman–Crippen LogP) is 5.03. The standard InChI is InChI=1S/C17H28/c1-3-12-7-9-13(10-8-12)15(5-1)16-6-2-4-14-11-17(14)16/h12-17H,1-11H2. The van der Waals surface area contributed by atoms with Crippen LogP contribution in [0.2, 0.25) is 0 Å². The zero-order valence-corrected chi connectivity index (χ0v) is 11.2. The summed E-state index contributed by atoms with van der Waals surface area (Å²) < 4.78 is 0. The van der Waals surface area contributed by atoms with Crippen molar-refractivity contribution in [2.75, 3.05) is 0 Å². The van der Waals surface area contributed by atoms with Crippen molar-refractivity contribution < 1.29 is 0 Å². The Morgan fingerprint density at radius 3 is 2.12 bits per heavy atom. The van der Waals surface area contributed by atoms with Crippen LogP contribution in [0.3, 0.4) is 0 Å². The maximum absolute atomic E-state index is 1.62. The molecular formula is C17H28. The first-order valence-corrected chi connectivity index (χ1v) is 8.42. The van der Waals surface area contributed by atoms with Gasteiger partial charge in [-0.1, -0.05) is 38.5 Å². The van der Waals surface area contributed by atoms with Gasteiger partial charge in [0.25, 0.3) is 0 Å². The van der Waals surface area contributed by atoms with Crippen LogP contribution in [-0.4, -0.2) is 0 Å². The Hall–Kier alpha value is 0. The minimum atomic E-state index is 1.13. The molecule has 0 aliphatic heterocycles. The van der Waals surface area contributed by atoms with Gasteiger partial charge in [0.1, 0.15) is 0 Å². The Labute approximate surface area is 107 Å². The van der Waals surface area contributed by atoms with Gasteiger partial charge in [-0.15, -0.1) is 0 Å². The van der Waals surface area contributed by atoms with Crippen LogP contribution < -0.4 is 0 Å². The highest BCUT2D eigenvalue weighted by molar-refractivity contribution is 4.99. The van der Waals surface area contributed by atoms with Crippen molar-refractivity contribution in [3.63, 3.8) is 0 Å². The van der Waals surface area contributed by atoms with Gasteiger partial charge in [-0.05, 0) is 67.6 Å². The van der Waals surface area contributed by atoms with E-state index < -0.39 is 0 Å². The van der Waals surface area contributed by atoms with Crippen LogP contribution in [0.4, 0.5) is 0 Å². The third-order valence-corrected chi connectivity index (χ3v) is 6.84. The molecule has 0 amide bonds. The molecule has 5 saturated carbocycles. The van der Waals surface area contributed by atoms with Crippen molar-refractivity contribution in [3.05, 3.63) is 0 Å². The molecule has 0 saturated heterocycles. The summed E-state index contributed by atoms with van der Waals surface area (Å²) >= 11 is 0. The Morgan fingerprint density at radius 1 is 0.471 bits per heavy atom. The zero-order chi connectivity index (χ0) is 11.2. The number of hydrogen-bond acceptors (Lipinski definition) is 0. The molecule has 0 N–H and O–H groups in total. The molecule has 0 heterocycles. The second-order valence-corrected chi connectivity index (χ2v) is 7.63. The van der Waals surface area contributed by atoms with Crippen molar-refractivity contribution in [3.8, 4) is 0 Å². The molecule has 4 unspecified atom stereocenters. The number of hydrogen-bond donors (Lipinski definition) is 0. The van der Waals surface area contributed by atoms with Crippen LogP contribution in [0.15, 0.2) is 0 Å². The van der Waals surface area contributed by atoms with E-state index in [1.54, 1.807) is 70.6 Å². The van der Waals surface area contributed by atoms with Gasteiger partial charge in [0.15, 0.2) is 0 Å². The molecule has 2 bridgehead atoms. The van der Waals surface area contributed by atoms with Crippen molar-refractivity contribution in [1.29, 1.82) is 0 Å². The Bertz CT molecular complexity index is 271. The molecule has 0 aromatic heterocycles. The Balaban J connectivity index is 1.50. The zero-order valence-electron chi connectivity index (χ0n) is 11.2. The summed E-state index contributed by atoms with van der Waals surface area (Å²) in [5.74, 6) is 7.00. The lowest BCUT2D eigenvalue weighted by Crippen LogP contribution is -2.32. The Kier molecular flexibility index (Phi) is 2.74. The first kappa shape index (κ1) is 10.9.